The number of halogens is 1. The number of carbonyl (C=O) groups excluding carboxylic acids is 2. The number of hydrogen-bond donors (Lipinski definition) is 1. The third-order valence-electron chi connectivity index (χ3n) is 2.27. The molecule has 0 bridgehead atoms. The van der Waals surface area contributed by atoms with Crippen LogP contribution in [0.25, 0.3) is 0 Å². The van der Waals surface area contributed by atoms with Crippen molar-refractivity contribution in [1.29, 1.82) is 0 Å². The lowest BCUT2D eigenvalue weighted by Gasteiger charge is -2.05. The molecule has 2 aromatic rings. The van der Waals surface area contributed by atoms with Crippen LogP contribution in [0.4, 0.5) is 5.69 Å². The van der Waals surface area contributed by atoms with Crippen molar-refractivity contribution in [1.82, 2.24) is 4.98 Å². The highest BCUT2D eigenvalue weighted by molar-refractivity contribution is 6.30. The van der Waals surface area contributed by atoms with Gasteiger partial charge in [0.1, 0.15) is 0 Å². The predicted molar refractivity (Wildman–Crippen MR) is 70.3 cm³/mol. The smallest absolute Gasteiger partial charge is 0.299 e. The minimum atomic E-state index is -0.275. The van der Waals surface area contributed by atoms with Crippen molar-refractivity contribution in [2.75, 3.05) is 5.32 Å². The molecule has 96 valence electrons. The second kappa shape index (κ2) is 5.97. The fourth-order valence-corrected chi connectivity index (χ4v) is 1.50. The fourth-order valence-electron chi connectivity index (χ4n) is 1.38. The highest BCUT2D eigenvalue weighted by Gasteiger charge is 2.06. The van der Waals surface area contributed by atoms with E-state index in [1.807, 2.05) is 0 Å². The highest BCUT2D eigenvalue weighted by atomic mass is 35.5. The summed E-state index contributed by atoms with van der Waals surface area (Å²) in [6.45, 7) is 0.286. The van der Waals surface area contributed by atoms with Crippen LogP contribution in [0.1, 0.15) is 10.4 Å². The van der Waals surface area contributed by atoms with Gasteiger partial charge in [-0.2, -0.15) is 0 Å². The quantitative estimate of drug-likeness (QED) is 0.871. The van der Waals surface area contributed by atoms with E-state index in [-0.39, 0.29) is 18.3 Å². The summed E-state index contributed by atoms with van der Waals surface area (Å²) in [5.74, 6) is -0.109. The first-order valence-corrected chi connectivity index (χ1v) is 5.70. The largest absolute Gasteiger partial charge is 0.410 e. The van der Waals surface area contributed by atoms with Crippen LogP contribution in [-0.4, -0.2) is 17.4 Å². The molecule has 1 aromatic heterocycles. The molecule has 5 nitrogen and oxygen atoms in total. The van der Waals surface area contributed by atoms with Crippen LogP contribution in [-0.2, 0) is 4.79 Å². The lowest BCUT2D eigenvalue weighted by Crippen LogP contribution is -2.11. The summed E-state index contributed by atoms with van der Waals surface area (Å²) < 4.78 is 4.54. The summed E-state index contributed by atoms with van der Waals surface area (Å²) in [4.78, 5) is 25.8. The summed E-state index contributed by atoms with van der Waals surface area (Å²) in [5.41, 5.74) is 0.982. The molecular weight excluding hydrogens is 268 g/mol. The van der Waals surface area contributed by atoms with E-state index in [2.05, 4.69) is 15.0 Å². The molecule has 0 aliphatic carbocycles. The third kappa shape index (κ3) is 3.53. The number of nitrogens with one attached hydrogen (secondary N) is 1. The van der Waals surface area contributed by atoms with Crippen LogP contribution < -0.4 is 10.1 Å². The molecule has 0 saturated heterocycles. The summed E-state index contributed by atoms with van der Waals surface area (Å²) in [7, 11) is 0. The SMILES string of the molecule is O=COc1ccc(NC(=O)c2ccc(Cl)cc2)cn1. The Kier molecular flexibility index (Phi) is 4.10. The van der Waals surface area contributed by atoms with Gasteiger partial charge in [-0.3, -0.25) is 9.59 Å². The molecule has 1 heterocycles. The van der Waals surface area contributed by atoms with Gasteiger partial charge in [0.2, 0.25) is 5.88 Å². The van der Waals surface area contributed by atoms with Crippen LogP contribution in [0.5, 0.6) is 5.88 Å². The number of carbonyl (C=O) groups is 2. The van der Waals surface area contributed by atoms with Gasteiger partial charge >= 0.3 is 0 Å². The third-order valence-corrected chi connectivity index (χ3v) is 2.52. The number of pyridine rings is 1. The van der Waals surface area contributed by atoms with Crippen molar-refractivity contribution in [3.8, 4) is 5.88 Å². The van der Waals surface area contributed by atoms with Gasteiger partial charge < -0.3 is 10.1 Å². The van der Waals surface area contributed by atoms with Gasteiger partial charge in [-0.1, -0.05) is 11.6 Å². The van der Waals surface area contributed by atoms with E-state index in [1.54, 1.807) is 30.3 Å². The van der Waals surface area contributed by atoms with Crippen LogP contribution >= 0.6 is 11.6 Å². The molecule has 0 aliphatic rings. The molecule has 0 saturated carbocycles. The van der Waals surface area contributed by atoms with Crippen LogP contribution in [0, 0.1) is 0 Å². The van der Waals surface area contributed by atoms with E-state index in [4.69, 9.17) is 11.6 Å². The van der Waals surface area contributed by atoms with Crippen molar-refractivity contribution >= 4 is 29.7 Å². The highest BCUT2D eigenvalue weighted by Crippen LogP contribution is 2.14. The lowest BCUT2D eigenvalue weighted by molar-refractivity contribution is -0.120. The number of amides is 1. The monoisotopic (exact) mass is 276 g/mol. The van der Waals surface area contributed by atoms with Crippen LogP contribution in [0.3, 0.4) is 0 Å². The molecule has 1 amide bonds. The number of anilines is 1. The van der Waals surface area contributed by atoms with Crippen molar-refractivity contribution in [2.24, 2.45) is 0 Å². The van der Waals surface area contributed by atoms with Gasteiger partial charge in [0.05, 0.1) is 11.9 Å². The fraction of sp³-hybridized carbons (Fsp3) is 0. The second-order valence-electron chi connectivity index (χ2n) is 3.56. The van der Waals surface area contributed by atoms with Gasteiger partial charge in [0.25, 0.3) is 12.4 Å². The Hall–Kier alpha value is -2.40. The topological polar surface area (TPSA) is 68.3 Å². The first-order valence-electron chi connectivity index (χ1n) is 5.32. The van der Waals surface area contributed by atoms with E-state index in [0.717, 1.165) is 0 Å². The number of hydrogen-bond acceptors (Lipinski definition) is 4. The summed E-state index contributed by atoms with van der Waals surface area (Å²) in [5, 5.41) is 3.22. The molecule has 19 heavy (non-hydrogen) atoms. The number of aromatic nitrogens is 1. The molecule has 1 aromatic carbocycles. The normalized spacial score (nSPS) is 9.74. The first-order chi connectivity index (χ1) is 9.19. The van der Waals surface area contributed by atoms with E-state index in [9.17, 15) is 9.59 Å². The number of benzene rings is 1. The Labute approximate surface area is 114 Å². The van der Waals surface area contributed by atoms with Crippen LogP contribution in [0.15, 0.2) is 42.6 Å². The molecule has 0 atom stereocenters. The molecule has 1 N–H and O–H groups in total. The lowest BCUT2D eigenvalue weighted by atomic mass is 10.2. The standard InChI is InChI=1S/C13H9ClN2O3/c14-10-3-1-9(2-4-10)13(18)16-11-5-6-12(15-7-11)19-8-17/h1-8H,(H,16,18). The van der Waals surface area contributed by atoms with Crippen molar-refractivity contribution in [3.63, 3.8) is 0 Å². The average Bonchev–Trinajstić information content (AvgIpc) is 2.42. The Balaban J connectivity index is 2.06. The van der Waals surface area contributed by atoms with Gasteiger partial charge in [-0.15, -0.1) is 0 Å². The van der Waals surface area contributed by atoms with Crippen molar-refractivity contribution in [2.45, 2.75) is 0 Å². The Morgan fingerprint density at radius 3 is 2.53 bits per heavy atom. The molecule has 0 aliphatic heterocycles. The Morgan fingerprint density at radius 2 is 1.95 bits per heavy atom. The maximum absolute atomic E-state index is 11.9. The van der Waals surface area contributed by atoms with E-state index in [0.29, 0.717) is 16.3 Å². The molecular formula is C13H9ClN2O3. The Morgan fingerprint density at radius 1 is 1.21 bits per heavy atom. The van der Waals surface area contributed by atoms with E-state index in [1.165, 1.54) is 12.3 Å². The van der Waals surface area contributed by atoms with Gasteiger partial charge in [-0.05, 0) is 30.3 Å². The molecule has 0 fully saturated rings. The average molecular weight is 277 g/mol. The van der Waals surface area contributed by atoms with E-state index >= 15 is 0 Å². The summed E-state index contributed by atoms with van der Waals surface area (Å²) >= 11 is 5.74. The number of nitrogens with zero attached hydrogens (tertiary/aromatic N) is 1. The summed E-state index contributed by atoms with van der Waals surface area (Å²) in [6.07, 6.45) is 1.40. The zero-order chi connectivity index (χ0) is 13.7. The van der Waals surface area contributed by atoms with Gasteiger partial charge in [-0.25, -0.2) is 4.98 Å². The predicted octanol–water partition coefficient (Wildman–Crippen LogP) is 2.52. The number of rotatable bonds is 4. The zero-order valence-electron chi connectivity index (χ0n) is 9.67. The maximum atomic E-state index is 11.9. The first kappa shape index (κ1) is 13.0. The van der Waals surface area contributed by atoms with E-state index < -0.39 is 0 Å². The maximum Gasteiger partial charge on any atom is 0.299 e. The Bertz CT molecular complexity index is 582. The van der Waals surface area contributed by atoms with Gasteiger partial charge in [0, 0.05) is 16.7 Å². The molecule has 0 unspecified atom stereocenters. The molecule has 0 spiro atoms. The summed E-state index contributed by atoms with van der Waals surface area (Å²) in [6, 6.07) is 9.57. The number of ether oxygens (including phenoxy) is 1. The molecule has 0 radical (unpaired) electrons. The zero-order valence-corrected chi connectivity index (χ0v) is 10.4. The van der Waals surface area contributed by atoms with Crippen LogP contribution in [0.2, 0.25) is 5.02 Å². The van der Waals surface area contributed by atoms with Gasteiger partial charge in [0.15, 0.2) is 0 Å². The van der Waals surface area contributed by atoms with Crippen molar-refractivity contribution < 1.29 is 14.3 Å². The molecule has 6 heteroatoms. The van der Waals surface area contributed by atoms with Crippen molar-refractivity contribution in [3.05, 3.63) is 53.2 Å². The second-order valence-corrected chi connectivity index (χ2v) is 4.00. The molecule has 2 rings (SSSR count). The minimum Gasteiger partial charge on any atom is -0.410 e. The minimum absolute atomic E-state index is 0.166.